The zero-order valence-electron chi connectivity index (χ0n) is 30.8. The van der Waals surface area contributed by atoms with Crippen LogP contribution in [-0.2, 0) is 27.3 Å². The van der Waals surface area contributed by atoms with E-state index in [4.69, 9.17) is 4.74 Å². The van der Waals surface area contributed by atoms with Crippen molar-refractivity contribution in [1.29, 1.82) is 0 Å². The van der Waals surface area contributed by atoms with Crippen LogP contribution in [0.2, 0.25) is 0 Å². The van der Waals surface area contributed by atoms with E-state index in [2.05, 4.69) is 93.8 Å². The van der Waals surface area contributed by atoms with Crippen LogP contribution < -0.4 is 10.1 Å². The van der Waals surface area contributed by atoms with Gasteiger partial charge in [-0.05, 0) is 77.7 Å². The third-order valence-electron chi connectivity index (χ3n) is 9.78. The molecule has 2 amide bonds. The van der Waals surface area contributed by atoms with Gasteiger partial charge in [-0.2, -0.15) is 0 Å². The number of ketones is 1. The quantitative estimate of drug-likeness (QED) is 0.135. The van der Waals surface area contributed by atoms with Crippen LogP contribution in [0.15, 0.2) is 104 Å². The Morgan fingerprint density at radius 2 is 1.60 bits per heavy atom. The molecule has 0 unspecified atom stereocenters. The van der Waals surface area contributed by atoms with Crippen LogP contribution in [0.4, 0.5) is 0 Å². The molecule has 0 saturated carbocycles. The maximum atomic E-state index is 12.8. The summed E-state index contributed by atoms with van der Waals surface area (Å²) < 4.78 is 6.62. The number of allylic oxidation sites excluding steroid dienone is 1. The molecule has 3 heterocycles. The molecule has 1 saturated heterocycles. The zero-order valence-corrected chi connectivity index (χ0v) is 30.8. The summed E-state index contributed by atoms with van der Waals surface area (Å²) >= 11 is 0. The lowest BCUT2D eigenvalue weighted by atomic mass is 9.94. The highest BCUT2D eigenvalue weighted by atomic mass is 16.5. The average Bonchev–Trinajstić information content (AvgIpc) is 3.18. The van der Waals surface area contributed by atoms with Gasteiger partial charge in [-0.15, -0.1) is 0 Å². The zero-order chi connectivity index (χ0) is 37.2. The fourth-order valence-corrected chi connectivity index (χ4v) is 6.81. The second kappa shape index (κ2) is 17.7. The molecule has 1 fully saturated rings. The van der Waals surface area contributed by atoms with E-state index in [1.807, 2.05) is 48.7 Å². The van der Waals surface area contributed by atoms with Gasteiger partial charge in [-0.1, -0.05) is 60.7 Å². The number of hydrogen-bond donors (Lipinski definition) is 1. The molecule has 2 aromatic heterocycles. The van der Waals surface area contributed by atoms with Gasteiger partial charge in [-0.25, -0.2) is 0 Å². The minimum Gasteiger partial charge on any atom is -0.493 e. The number of amides is 2. The van der Waals surface area contributed by atoms with Gasteiger partial charge in [0.15, 0.2) is 0 Å². The number of aryl methyl sites for hydroxylation is 1. The Hall–Kier alpha value is -5.67. The van der Waals surface area contributed by atoms with Crippen molar-refractivity contribution >= 4 is 33.9 Å². The molecule has 6 rings (SSSR count). The van der Waals surface area contributed by atoms with Crippen LogP contribution in [0.25, 0.3) is 27.5 Å². The maximum absolute atomic E-state index is 12.8. The smallest absolute Gasteiger partial charge is 0.223 e. The summed E-state index contributed by atoms with van der Waals surface area (Å²) in [5.41, 5.74) is 8.98. The van der Waals surface area contributed by atoms with E-state index in [0.717, 1.165) is 70.6 Å². The highest BCUT2D eigenvalue weighted by Crippen LogP contribution is 2.34. The van der Waals surface area contributed by atoms with Gasteiger partial charge < -0.3 is 15.0 Å². The molecule has 0 radical (unpaired) electrons. The molecule has 9 nitrogen and oxygen atoms in total. The topological polar surface area (TPSA) is 105 Å². The van der Waals surface area contributed by atoms with Crippen LogP contribution in [-0.4, -0.2) is 76.7 Å². The molecule has 53 heavy (non-hydrogen) atoms. The predicted molar refractivity (Wildman–Crippen MR) is 209 cm³/mol. The summed E-state index contributed by atoms with van der Waals surface area (Å²) in [4.78, 5) is 48.8. The van der Waals surface area contributed by atoms with Gasteiger partial charge in [-0.3, -0.25) is 29.3 Å². The summed E-state index contributed by atoms with van der Waals surface area (Å²) in [5, 5.41) is 4.87. The Morgan fingerprint density at radius 3 is 2.36 bits per heavy atom. The summed E-state index contributed by atoms with van der Waals surface area (Å²) in [6.45, 7) is 9.50. The number of nitrogens with zero attached hydrogens (tertiary/aromatic N) is 4. The second-order valence-electron chi connectivity index (χ2n) is 13.6. The number of pyridine rings is 2. The van der Waals surface area contributed by atoms with E-state index in [9.17, 15) is 14.4 Å². The van der Waals surface area contributed by atoms with Crippen molar-refractivity contribution in [3.63, 3.8) is 0 Å². The lowest BCUT2D eigenvalue weighted by Crippen LogP contribution is -2.48. The standard InChI is InChI=1S/C44H47N5O4/c1-4-37(40-28-45-19-16-31(40)2)39-13-10-34(30-48-21-23-49(24-22-48)44(52)15-14-43(51)47-27-32(3)50)26-42(39)53-25-18-33-8-11-36(12-9-33)38-7-5-6-35-17-20-46-29-41(35)38/h4-13,16-17,19-20,26,28-29H,14-15,18,21-25,27,30H2,1-3H3,(H,47,51)/b37-4-. The van der Waals surface area contributed by atoms with Crippen molar-refractivity contribution in [2.45, 2.75) is 46.6 Å². The van der Waals surface area contributed by atoms with Crippen molar-refractivity contribution < 1.29 is 19.1 Å². The first-order valence-corrected chi connectivity index (χ1v) is 18.3. The van der Waals surface area contributed by atoms with Gasteiger partial charge in [0, 0.05) is 93.3 Å². The molecule has 272 valence electrons. The number of Topliss-reactive ketones (excluding diaryl/α,β-unsaturated/α-hetero) is 1. The number of fused-ring (bicyclic) bond motifs is 1. The Labute approximate surface area is 311 Å². The molecule has 1 aliphatic rings. The Balaban J connectivity index is 1.11. The SMILES string of the molecule is C/C=C(\c1cnccc1C)c1ccc(CN2CCN(C(=O)CCC(=O)NCC(C)=O)CC2)cc1OCCc1ccc(-c2cccc3ccncc23)cc1. The summed E-state index contributed by atoms with van der Waals surface area (Å²) in [5.74, 6) is 0.405. The van der Waals surface area contributed by atoms with Gasteiger partial charge in [0.05, 0.1) is 13.2 Å². The fourth-order valence-electron chi connectivity index (χ4n) is 6.81. The highest BCUT2D eigenvalue weighted by molar-refractivity contribution is 5.96. The Bertz CT molecular complexity index is 2100. The number of nitrogens with one attached hydrogen (secondary N) is 1. The molecule has 9 heteroatoms. The van der Waals surface area contributed by atoms with E-state index in [1.54, 1.807) is 0 Å². The molecule has 0 aliphatic carbocycles. The lowest BCUT2D eigenvalue weighted by Gasteiger charge is -2.35. The first kappa shape index (κ1) is 37.1. The van der Waals surface area contributed by atoms with Crippen LogP contribution in [0, 0.1) is 6.92 Å². The molecule has 0 spiro atoms. The van der Waals surface area contributed by atoms with Gasteiger partial charge >= 0.3 is 0 Å². The number of aromatic nitrogens is 2. The van der Waals surface area contributed by atoms with E-state index < -0.39 is 0 Å². The van der Waals surface area contributed by atoms with Gasteiger partial charge in [0.25, 0.3) is 0 Å². The third-order valence-corrected chi connectivity index (χ3v) is 9.78. The van der Waals surface area contributed by atoms with Crippen LogP contribution in [0.3, 0.4) is 0 Å². The number of carbonyl (C=O) groups excluding carboxylic acids is 3. The Morgan fingerprint density at radius 1 is 0.849 bits per heavy atom. The average molecular weight is 710 g/mol. The number of carbonyl (C=O) groups is 3. The fraction of sp³-hybridized carbons (Fsp3) is 0.295. The molecule has 3 aromatic carbocycles. The number of hydrogen-bond acceptors (Lipinski definition) is 7. The van der Waals surface area contributed by atoms with Gasteiger partial charge in [0.1, 0.15) is 11.5 Å². The van der Waals surface area contributed by atoms with E-state index in [0.29, 0.717) is 19.7 Å². The molecule has 1 N–H and O–H groups in total. The predicted octanol–water partition coefficient (Wildman–Crippen LogP) is 6.81. The van der Waals surface area contributed by atoms with Crippen LogP contribution >= 0.6 is 0 Å². The van der Waals surface area contributed by atoms with Crippen molar-refractivity contribution in [3.8, 4) is 16.9 Å². The largest absolute Gasteiger partial charge is 0.493 e. The maximum Gasteiger partial charge on any atom is 0.223 e. The van der Waals surface area contributed by atoms with Crippen molar-refractivity contribution in [2.75, 3.05) is 39.3 Å². The summed E-state index contributed by atoms with van der Waals surface area (Å²) in [6, 6.07) is 25.6. The van der Waals surface area contributed by atoms with Crippen molar-refractivity contribution in [3.05, 3.63) is 131 Å². The molecule has 0 atom stereocenters. The van der Waals surface area contributed by atoms with E-state index in [1.165, 1.54) is 23.4 Å². The molecular formula is C44H47N5O4. The number of rotatable bonds is 14. The van der Waals surface area contributed by atoms with E-state index in [-0.39, 0.29) is 37.0 Å². The normalized spacial score (nSPS) is 13.6. The number of piperazine rings is 1. The van der Waals surface area contributed by atoms with Gasteiger partial charge in [0.2, 0.25) is 11.8 Å². The minimum atomic E-state index is -0.277. The lowest BCUT2D eigenvalue weighted by molar-refractivity contribution is -0.135. The van der Waals surface area contributed by atoms with Crippen molar-refractivity contribution in [1.82, 2.24) is 25.1 Å². The third kappa shape index (κ3) is 9.61. The monoisotopic (exact) mass is 709 g/mol. The summed E-state index contributed by atoms with van der Waals surface area (Å²) in [7, 11) is 0. The molecule has 1 aliphatic heterocycles. The first-order chi connectivity index (χ1) is 25.8. The van der Waals surface area contributed by atoms with Crippen molar-refractivity contribution in [2.24, 2.45) is 0 Å². The molecule has 0 bridgehead atoms. The number of benzene rings is 3. The van der Waals surface area contributed by atoms with Crippen LogP contribution in [0.5, 0.6) is 5.75 Å². The number of ether oxygens (including phenoxy) is 1. The molecule has 5 aromatic rings. The Kier molecular flexibility index (Phi) is 12.4. The van der Waals surface area contributed by atoms with Crippen LogP contribution in [0.1, 0.15) is 54.5 Å². The first-order valence-electron chi connectivity index (χ1n) is 18.3. The second-order valence-corrected chi connectivity index (χ2v) is 13.6. The molecular weight excluding hydrogens is 663 g/mol. The highest BCUT2D eigenvalue weighted by Gasteiger charge is 2.22. The summed E-state index contributed by atoms with van der Waals surface area (Å²) in [6.07, 6.45) is 10.6. The van der Waals surface area contributed by atoms with E-state index >= 15 is 0 Å². The minimum absolute atomic E-state index is 0.00205.